The molecule has 0 bridgehead atoms. The van der Waals surface area contributed by atoms with Crippen LogP contribution in [0.2, 0.25) is 0 Å². The average Bonchev–Trinajstić information content (AvgIpc) is 3.16. The van der Waals surface area contributed by atoms with Gasteiger partial charge in [-0.1, -0.05) is 30.4 Å². The zero-order chi connectivity index (χ0) is 16.6. The number of hydrogen-bond acceptors (Lipinski definition) is 3. The van der Waals surface area contributed by atoms with E-state index in [4.69, 9.17) is 0 Å². The Balaban J connectivity index is 1.42. The number of benzene rings is 1. The third kappa shape index (κ3) is 4.69. The fourth-order valence-corrected chi connectivity index (χ4v) is 2.82. The molecular formula is C20H23N3O. The van der Waals surface area contributed by atoms with Gasteiger partial charge in [-0.05, 0) is 42.7 Å². The molecule has 0 radical (unpaired) electrons. The summed E-state index contributed by atoms with van der Waals surface area (Å²) in [5, 5.41) is 3.01. The molecule has 0 unspecified atom stereocenters. The van der Waals surface area contributed by atoms with Gasteiger partial charge in [0.1, 0.15) is 0 Å². The number of pyridine rings is 1. The molecule has 1 N–H and O–H groups in total. The zero-order valence-corrected chi connectivity index (χ0v) is 13.8. The van der Waals surface area contributed by atoms with E-state index in [2.05, 4.69) is 51.6 Å². The molecule has 1 amide bonds. The zero-order valence-electron chi connectivity index (χ0n) is 13.8. The van der Waals surface area contributed by atoms with Crippen LogP contribution in [0, 0.1) is 0 Å². The second-order valence-corrected chi connectivity index (χ2v) is 6.00. The number of anilines is 1. The lowest BCUT2D eigenvalue weighted by atomic mass is 10.1. The Hall–Kier alpha value is -2.62. The molecule has 2 aromatic rings. The first-order valence-electron chi connectivity index (χ1n) is 8.47. The van der Waals surface area contributed by atoms with E-state index in [1.54, 1.807) is 6.20 Å². The molecule has 0 saturated carbocycles. The van der Waals surface area contributed by atoms with Crippen LogP contribution >= 0.6 is 0 Å². The van der Waals surface area contributed by atoms with Crippen molar-refractivity contribution in [1.29, 1.82) is 0 Å². The van der Waals surface area contributed by atoms with Gasteiger partial charge >= 0.3 is 0 Å². The minimum atomic E-state index is 0.0965. The fraction of sp³-hybridized carbons (Fsp3) is 0.300. The van der Waals surface area contributed by atoms with Crippen LogP contribution in [-0.4, -0.2) is 24.0 Å². The van der Waals surface area contributed by atoms with E-state index in [1.165, 1.54) is 5.69 Å². The number of aromatic nitrogens is 1. The Bertz CT molecular complexity index is 689. The number of aryl methyl sites for hydroxylation is 1. The average molecular weight is 321 g/mol. The Kier molecular flexibility index (Phi) is 5.61. The van der Waals surface area contributed by atoms with Crippen molar-refractivity contribution < 1.29 is 4.79 Å². The molecule has 0 saturated heterocycles. The van der Waals surface area contributed by atoms with Gasteiger partial charge in [-0.3, -0.25) is 9.78 Å². The molecule has 1 aliphatic rings. The number of rotatable bonds is 7. The van der Waals surface area contributed by atoms with E-state index in [-0.39, 0.29) is 5.91 Å². The molecule has 4 heteroatoms. The molecule has 0 fully saturated rings. The summed E-state index contributed by atoms with van der Waals surface area (Å²) in [6, 6.07) is 14.3. The molecule has 0 spiro atoms. The predicted octanol–water partition coefficient (Wildman–Crippen LogP) is 3.10. The molecular weight excluding hydrogens is 298 g/mol. The van der Waals surface area contributed by atoms with Crippen LogP contribution in [0.4, 0.5) is 5.69 Å². The number of nitrogens with zero attached hydrogens (tertiary/aromatic N) is 2. The monoisotopic (exact) mass is 321 g/mol. The molecule has 1 aromatic carbocycles. The quantitative estimate of drug-likeness (QED) is 0.797. The van der Waals surface area contributed by atoms with Crippen LogP contribution in [0.3, 0.4) is 0 Å². The highest BCUT2D eigenvalue weighted by molar-refractivity contribution is 5.75. The summed E-state index contributed by atoms with van der Waals surface area (Å²) in [5.41, 5.74) is 3.39. The number of nitrogens with one attached hydrogen (secondary N) is 1. The summed E-state index contributed by atoms with van der Waals surface area (Å²) in [6.07, 6.45) is 8.34. The molecule has 24 heavy (non-hydrogen) atoms. The molecule has 1 aromatic heterocycles. The summed E-state index contributed by atoms with van der Waals surface area (Å²) in [6.45, 7) is 2.50. The van der Waals surface area contributed by atoms with E-state index in [1.807, 2.05) is 18.2 Å². The van der Waals surface area contributed by atoms with Gasteiger partial charge in [0, 0.05) is 43.6 Å². The van der Waals surface area contributed by atoms with Gasteiger partial charge in [-0.15, -0.1) is 0 Å². The Morgan fingerprint density at radius 2 is 2.00 bits per heavy atom. The Morgan fingerprint density at radius 3 is 2.79 bits per heavy atom. The largest absolute Gasteiger partial charge is 0.364 e. The minimum Gasteiger partial charge on any atom is -0.364 e. The van der Waals surface area contributed by atoms with E-state index in [0.29, 0.717) is 13.0 Å². The lowest BCUT2D eigenvalue weighted by Crippen LogP contribution is -2.23. The summed E-state index contributed by atoms with van der Waals surface area (Å²) in [5.74, 6) is 0.0965. The predicted molar refractivity (Wildman–Crippen MR) is 96.8 cm³/mol. The van der Waals surface area contributed by atoms with E-state index in [0.717, 1.165) is 37.2 Å². The van der Waals surface area contributed by atoms with Gasteiger partial charge in [0.05, 0.1) is 0 Å². The van der Waals surface area contributed by atoms with Gasteiger partial charge in [0.25, 0.3) is 0 Å². The highest BCUT2D eigenvalue weighted by Crippen LogP contribution is 2.18. The van der Waals surface area contributed by atoms with E-state index >= 15 is 0 Å². The smallest absolute Gasteiger partial charge is 0.220 e. The molecule has 1 aliphatic heterocycles. The highest BCUT2D eigenvalue weighted by atomic mass is 16.1. The van der Waals surface area contributed by atoms with Gasteiger partial charge in [0.2, 0.25) is 5.91 Å². The Labute approximate surface area is 143 Å². The number of hydrogen-bond donors (Lipinski definition) is 1. The summed E-state index contributed by atoms with van der Waals surface area (Å²) < 4.78 is 0. The lowest BCUT2D eigenvalue weighted by molar-refractivity contribution is -0.121. The van der Waals surface area contributed by atoms with Crippen LogP contribution in [0.15, 0.2) is 60.8 Å². The summed E-state index contributed by atoms with van der Waals surface area (Å²) >= 11 is 0. The summed E-state index contributed by atoms with van der Waals surface area (Å²) in [7, 11) is 0. The maximum Gasteiger partial charge on any atom is 0.220 e. The summed E-state index contributed by atoms with van der Waals surface area (Å²) in [4.78, 5) is 18.6. The van der Waals surface area contributed by atoms with Crippen LogP contribution in [-0.2, 0) is 17.8 Å². The fourth-order valence-electron chi connectivity index (χ4n) is 2.82. The van der Waals surface area contributed by atoms with Crippen molar-refractivity contribution in [2.24, 2.45) is 0 Å². The van der Waals surface area contributed by atoms with E-state index < -0.39 is 0 Å². The second-order valence-electron chi connectivity index (χ2n) is 6.00. The van der Waals surface area contributed by atoms with Crippen molar-refractivity contribution >= 4 is 11.6 Å². The Morgan fingerprint density at radius 1 is 1.12 bits per heavy atom. The third-order valence-corrected chi connectivity index (χ3v) is 4.15. The highest BCUT2D eigenvalue weighted by Gasteiger charge is 2.08. The first-order valence-corrected chi connectivity index (χ1v) is 8.47. The minimum absolute atomic E-state index is 0.0965. The molecule has 3 rings (SSSR count). The van der Waals surface area contributed by atoms with E-state index in [9.17, 15) is 4.79 Å². The molecule has 4 nitrogen and oxygen atoms in total. The second kappa shape index (κ2) is 8.29. The van der Waals surface area contributed by atoms with Crippen molar-refractivity contribution in [3.8, 4) is 0 Å². The van der Waals surface area contributed by atoms with Crippen molar-refractivity contribution in [3.05, 3.63) is 72.1 Å². The standard InChI is InChI=1S/C20H23N3O/c24-20(11-6-9-18-8-1-2-12-21-18)22-16-17-7-5-10-19(15-17)23-13-3-4-14-23/h1-5,7-8,10,12,15H,6,9,11,13-14,16H2,(H,22,24). The third-order valence-electron chi connectivity index (χ3n) is 4.15. The van der Waals surface area contributed by atoms with Crippen LogP contribution < -0.4 is 10.2 Å². The molecule has 0 atom stereocenters. The van der Waals surface area contributed by atoms with Crippen molar-refractivity contribution in [3.63, 3.8) is 0 Å². The van der Waals surface area contributed by atoms with Crippen molar-refractivity contribution in [2.75, 3.05) is 18.0 Å². The first-order chi connectivity index (χ1) is 11.8. The SMILES string of the molecule is O=C(CCCc1ccccn1)NCc1cccc(N2CC=CC2)c1. The normalized spacial score (nSPS) is 13.2. The van der Waals surface area contributed by atoms with Gasteiger partial charge < -0.3 is 10.2 Å². The van der Waals surface area contributed by atoms with Crippen molar-refractivity contribution in [2.45, 2.75) is 25.8 Å². The van der Waals surface area contributed by atoms with Crippen molar-refractivity contribution in [1.82, 2.24) is 10.3 Å². The number of carbonyl (C=O) groups is 1. The maximum atomic E-state index is 12.0. The van der Waals surface area contributed by atoms with Gasteiger partial charge in [0.15, 0.2) is 0 Å². The number of carbonyl (C=O) groups excluding carboxylic acids is 1. The van der Waals surface area contributed by atoms with Gasteiger partial charge in [-0.2, -0.15) is 0 Å². The number of amides is 1. The van der Waals surface area contributed by atoms with Crippen LogP contribution in [0.1, 0.15) is 24.1 Å². The lowest BCUT2D eigenvalue weighted by Gasteiger charge is -2.18. The topological polar surface area (TPSA) is 45.2 Å². The molecule has 2 heterocycles. The van der Waals surface area contributed by atoms with Crippen LogP contribution in [0.25, 0.3) is 0 Å². The van der Waals surface area contributed by atoms with Gasteiger partial charge in [-0.25, -0.2) is 0 Å². The first kappa shape index (κ1) is 16.2. The molecule has 0 aliphatic carbocycles. The van der Waals surface area contributed by atoms with Crippen LogP contribution in [0.5, 0.6) is 0 Å². The maximum absolute atomic E-state index is 12.0. The molecule has 124 valence electrons.